The van der Waals surface area contributed by atoms with Crippen molar-refractivity contribution < 1.29 is 0 Å². The first kappa shape index (κ1) is 15.3. The largest absolute Gasteiger partial charge is 0.303 e. The first-order chi connectivity index (χ1) is 9.01. The van der Waals surface area contributed by atoms with Crippen LogP contribution in [0.3, 0.4) is 0 Å². The van der Waals surface area contributed by atoms with Gasteiger partial charge in [-0.1, -0.05) is 13.8 Å². The molecule has 2 aliphatic rings. The number of likely N-dealkylation sites (tertiary alicyclic amines) is 2. The molecule has 2 heteroatoms. The molecule has 1 spiro atoms. The fourth-order valence-electron chi connectivity index (χ4n) is 3.79. The molecule has 0 unspecified atom stereocenters. The first-order valence-electron chi connectivity index (χ1n) is 8.47. The molecule has 112 valence electrons. The van der Waals surface area contributed by atoms with Crippen LogP contribution in [0.5, 0.6) is 0 Å². The summed E-state index contributed by atoms with van der Waals surface area (Å²) < 4.78 is 0. The Kier molecular flexibility index (Phi) is 5.30. The predicted molar refractivity (Wildman–Crippen MR) is 83.5 cm³/mol. The lowest BCUT2D eigenvalue weighted by Crippen LogP contribution is -2.42. The van der Waals surface area contributed by atoms with Crippen molar-refractivity contribution in [3.63, 3.8) is 0 Å². The highest BCUT2D eigenvalue weighted by molar-refractivity contribution is 4.94. The molecule has 0 aromatic carbocycles. The summed E-state index contributed by atoms with van der Waals surface area (Å²) in [7, 11) is 0. The molecule has 0 radical (unpaired) electrons. The maximum Gasteiger partial charge on any atom is 0.00421 e. The molecule has 0 aromatic rings. The summed E-state index contributed by atoms with van der Waals surface area (Å²) in [6.07, 6.45) is 7.12. The molecule has 0 bridgehead atoms. The topological polar surface area (TPSA) is 6.48 Å². The Hall–Kier alpha value is -0.0800. The number of rotatable bonds is 5. The van der Waals surface area contributed by atoms with Crippen molar-refractivity contribution in [3.05, 3.63) is 0 Å². The number of piperidine rings is 1. The molecular weight excluding hydrogens is 232 g/mol. The van der Waals surface area contributed by atoms with Gasteiger partial charge in [-0.3, -0.25) is 0 Å². The molecule has 19 heavy (non-hydrogen) atoms. The lowest BCUT2D eigenvalue weighted by atomic mass is 9.77. The quantitative estimate of drug-likeness (QED) is 0.750. The van der Waals surface area contributed by atoms with Gasteiger partial charge in [-0.05, 0) is 83.5 Å². The van der Waals surface area contributed by atoms with E-state index in [2.05, 4.69) is 37.5 Å². The van der Waals surface area contributed by atoms with Crippen molar-refractivity contribution in [3.8, 4) is 0 Å². The lowest BCUT2D eigenvalue weighted by Gasteiger charge is -2.40. The van der Waals surface area contributed by atoms with Gasteiger partial charge in [0.2, 0.25) is 0 Å². The highest BCUT2D eigenvalue weighted by Crippen LogP contribution is 2.40. The van der Waals surface area contributed by atoms with Crippen molar-refractivity contribution >= 4 is 0 Å². The summed E-state index contributed by atoms with van der Waals surface area (Å²) in [6, 6.07) is 0.739. The molecule has 0 amide bonds. The molecule has 2 heterocycles. The summed E-state index contributed by atoms with van der Waals surface area (Å²) in [6.45, 7) is 16.1. The Bertz CT molecular complexity index is 264. The van der Waals surface area contributed by atoms with Crippen LogP contribution < -0.4 is 0 Å². The van der Waals surface area contributed by atoms with Gasteiger partial charge in [-0.25, -0.2) is 0 Å². The van der Waals surface area contributed by atoms with Gasteiger partial charge in [-0.15, -0.1) is 0 Å². The Morgan fingerprint density at radius 3 is 2.11 bits per heavy atom. The van der Waals surface area contributed by atoms with Crippen molar-refractivity contribution in [2.75, 3.05) is 32.7 Å². The van der Waals surface area contributed by atoms with E-state index in [0.717, 1.165) is 12.0 Å². The zero-order chi connectivity index (χ0) is 13.9. The maximum absolute atomic E-state index is 2.71. The maximum atomic E-state index is 2.71. The summed E-state index contributed by atoms with van der Waals surface area (Å²) in [5.41, 5.74) is 0.679. The summed E-state index contributed by atoms with van der Waals surface area (Å²) in [4.78, 5) is 5.40. The smallest absolute Gasteiger partial charge is 0.00421 e. The second kappa shape index (κ2) is 6.58. The molecular formula is C17H34N2. The zero-order valence-corrected chi connectivity index (χ0v) is 13.6. The van der Waals surface area contributed by atoms with E-state index >= 15 is 0 Å². The molecule has 0 N–H and O–H groups in total. The van der Waals surface area contributed by atoms with Gasteiger partial charge in [0.1, 0.15) is 0 Å². The van der Waals surface area contributed by atoms with Crippen LogP contribution in [-0.4, -0.2) is 48.6 Å². The molecule has 2 aliphatic heterocycles. The van der Waals surface area contributed by atoms with Gasteiger partial charge in [0, 0.05) is 12.6 Å². The highest BCUT2D eigenvalue weighted by atomic mass is 15.2. The first-order valence-corrected chi connectivity index (χ1v) is 8.47. The van der Waals surface area contributed by atoms with Gasteiger partial charge < -0.3 is 9.80 Å². The van der Waals surface area contributed by atoms with Gasteiger partial charge in [0.05, 0.1) is 0 Å². The second-order valence-electron chi connectivity index (χ2n) is 7.69. The molecule has 0 atom stereocenters. The summed E-state index contributed by atoms with van der Waals surface area (Å²) >= 11 is 0. The van der Waals surface area contributed by atoms with E-state index < -0.39 is 0 Å². The molecule has 2 nitrogen and oxygen atoms in total. The SMILES string of the molecule is CC(C)CCCN1CCC2(CC1)CCN(C(C)C)C2. The minimum absolute atomic E-state index is 0.679. The third-order valence-electron chi connectivity index (χ3n) is 5.37. The van der Waals surface area contributed by atoms with Gasteiger partial charge in [-0.2, -0.15) is 0 Å². The zero-order valence-electron chi connectivity index (χ0n) is 13.6. The molecule has 0 aromatic heterocycles. The monoisotopic (exact) mass is 266 g/mol. The molecule has 0 aliphatic carbocycles. The van der Waals surface area contributed by atoms with Crippen LogP contribution in [0.2, 0.25) is 0 Å². The fraction of sp³-hybridized carbons (Fsp3) is 1.00. The van der Waals surface area contributed by atoms with E-state index in [1.165, 1.54) is 64.8 Å². The van der Waals surface area contributed by atoms with Gasteiger partial charge in [0.25, 0.3) is 0 Å². The molecule has 2 saturated heterocycles. The van der Waals surface area contributed by atoms with E-state index in [1.54, 1.807) is 0 Å². The Balaban J connectivity index is 1.71. The third kappa shape index (κ3) is 4.19. The van der Waals surface area contributed by atoms with E-state index in [9.17, 15) is 0 Å². The number of hydrogen-bond acceptors (Lipinski definition) is 2. The minimum Gasteiger partial charge on any atom is -0.303 e. The van der Waals surface area contributed by atoms with Crippen LogP contribution in [0.15, 0.2) is 0 Å². The van der Waals surface area contributed by atoms with Crippen LogP contribution >= 0.6 is 0 Å². The van der Waals surface area contributed by atoms with Gasteiger partial charge in [0.15, 0.2) is 0 Å². The molecule has 2 rings (SSSR count). The van der Waals surface area contributed by atoms with Crippen LogP contribution in [0.4, 0.5) is 0 Å². The Labute approximate surface area is 120 Å². The predicted octanol–water partition coefficient (Wildman–Crippen LogP) is 3.62. The van der Waals surface area contributed by atoms with Crippen LogP contribution in [0, 0.1) is 11.3 Å². The highest BCUT2D eigenvalue weighted by Gasteiger charge is 2.40. The van der Waals surface area contributed by atoms with Crippen LogP contribution in [0.1, 0.15) is 59.8 Å². The number of hydrogen-bond donors (Lipinski definition) is 0. The average Bonchev–Trinajstić information content (AvgIpc) is 2.76. The second-order valence-corrected chi connectivity index (χ2v) is 7.69. The Morgan fingerprint density at radius 2 is 1.58 bits per heavy atom. The third-order valence-corrected chi connectivity index (χ3v) is 5.37. The molecule has 2 fully saturated rings. The Morgan fingerprint density at radius 1 is 0.947 bits per heavy atom. The number of nitrogens with zero attached hydrogens (tertiary/aromatic N) is 2. The van der Waals surface area contributed by atoms with E-state index in [1.807, 2.05) is 0 Å². The van der Waals surface area contributed by atoms with E-state index in [-0.39, 0.29) is 0 Å². The van der Waals surface area contributed by atoms with E-state index in [0.29, 0.717) is 5.41 Å². The summed E-state index contributed by atoms with van der Waals surface area (Å²) in [5.74, 6) is 0.866. The normalized spacial score (nSPS) is 24.9. The molecule has 0 saturated carbocycles. The standard InChI is InChI=1S/C17H34N2/c1-15(2)6-5-10-18-11-7-17(8-12-18)9-13-19(14-17)16(3)4/h15-16H,5-14H2,1-4H3. The van der Waals surface area contributed by atoms with Crippen molar-refractivity contribution in [2.45, 2.75) is 65.8 Å². The van der Waals surface area contributed by atoms with Crippen LogP contribution in [-0.2, 0) is 0 Å². The van der Waals surface area contributed by atoms with Crippen LogP contribution in [0.25, 0.3) is 0 Å². The minimum atomic E-state index is 0.679. The van der Waals surface area contributed by atoms with Crippen molar-refractivity contribution in [1.82, 2.24) is 9.80 Å². The van der Waals surface area contributed by atoms with Gasteiger partial charge >= 0.3 is 0 Å². The lowest BCUT2D eigenvalue weighted by molar-refractivity contribution is 0.101. The summed E-state index contributed by atoms with van der Waals surface area (Å²) in [5, 5.41) is 0. The van der Waals surface area contributed by atoms with Crippen molar-refractivity contribution in [1.29, 1.82) is 0 Å². The van der Waals surface area contributed by atoms with Crippen molar-refractivity contribution in [2.24, 2.45) is 11.3 Å². The average molecular weight is 266 g/mol. The fourth-order valence-corrected chi connectivity index (χ4v) is 3.79. The van der Waals surface area contributed by atoms with E-state index in [4.69, 9.17) is 0 Å².